The second kappa shape index (κ2) is 15.4. The SMILES string of the molecule is CCCCCCCCCCCC(=O)NCC(=O)N/N=C\c1ccc(O)c(OC)c1. The number of phenolic OH excluding ortho intramolecular Hbond substituents is 1. The van der Waals surface area contributed by atoms with Gasteiger partial charge in [0.1, 0.15) is 0 Å². The van der Waals surface area contributed by atoms with E-state index in [1.54, 1.807) is 12.1 Å². The predicted octanol–water partition coefficient (Wildman–Crippen LogP) is 3.89. The highest BCUT2D eigenvalue weighted by Gasteiger charge is 2.05. The van der Waals surface area contributed by atoms with Crippen molar-refractivity contribution in [3.05, 3.63) is 23.8 Å². The van der Waals surface area contributed by atoms with Crippen LogP contribution in [0.3, 0.4) is 0 Å². The van der Waals surface area contributed by atoms with Gasteiger partial charge in [-0.3, -0.25) is 9.59 Å². The minimum absolute atomic E-state index is 0.0309. The summed E-state index contributed by atoms with van der Waals surface area (Å²) in [4.78, 5) is 23.5. The molecule has 0 saturated heterocycles. The van der Waals surface area contributed by atoms with Crippen LogP contribution >= 0.6 is 0 Å². The van der Waals surface area contributed by atoms with Crippen molar-refractivity contribution in [2.75, 3.05) is 13.7 Å². The molecule has 2 amide bonds. The Morgan fingerprint density at radius 3 is 2.34 bits per heavy atom. The molecule has 0 unspecified atom stereocenters. The number of amides is 2. The predicted molar refractivity (Wildman–Crippen MR) is 115 cm³/mol. The molecule has 29 heavy (non-hydrogen) atoms. The fourth-order valence-electron chi connectivity index (χ4n) is 2.86. The summed E-state index contributed by atoms with van der Waals surface area (Å²) in [7, 11) is 1.45. The van der Waals surface area contributed by atoms with Crippen LogP contribution in [0, 0.1) is 0 Å². The maximum Gasteiger partial charge on any atom is 0.259 e. The monoisotopic (exact) mass is 405 g/mol. The number of phenols is 1. The van der Waals surface area contributed by atoms with Gasteiger partial charge >= 0.3 is 0 Å². The van der Waals surface area contributed by atoms with Crippen LogP contribution in [0.5, 0.6) is 11.5 Å². The summed E-state index contributed by atoms with van der Waals surface area (Å²) in [5.41, 5.74) is 3.02. The first kappa shape index (κ1) is 24.5. The Morgan fingerprint density at radius 2 is 1.69 bits per heavy atom. The third-order valence-corrected chi connectivity index (χ3v) is 4.56. The summed E-state index contributed by atoms with van der Waals surface area (Å²) >= 11 is 0. The molecule has 1 rings (SSSR count). The number of benzene rings is 1. The van der Waals surface area contributed by atoms with E-state index < -0.39 is 5.91 Å². The van der Waals surface area contributed by atoms with Gasteiger partial charge in [0, 0.05) is 6.42 Å². The van der Waals surface area contributed by atoms with E-state index in [1.165, 1.54) is 57.9 Å². The Kier molecular flexibility index (Phi) is 13.0. The van der Waals surface area contributed by atoms with E-state index in [0.29, 0.717) is 17.7 Å². The Balaban J connectivity index is 2.09. The molecule has 0 aliphatic heterocycles. The van der Waals surface area contributed by atoms with E-state index in [0.717, 1.165) is 19.3 Å². The lowest BCUT2D eigenvalue weighted by atomic mass is 10.1. The van der Waals surface area contributed by atoms with E-state index in [-0.39, 0.29) is 18.2 Å². The van der Waals surface area contributed by atoms with E-state index in [2.05, 4.69) is 22.8 Å². The zero-order chi connectivity index (χ0) is 21.3. The third-order valence-electron chi connectivity index (χ3n) is 4.56. The Labute approximate surface area is 173 Å². The molecule has 0 spiro atoms. The maximum atomic E-state index is 11.8. The molecule has 3 N–H and O–H groups in total. The lowest BCUT2D eigenvalue weighted by Crippen LogP contribution is -2.34. The van der Waals surface area contributed by atoms with E-state index in [9.17, 15) is 14.7 Å². The number of carbonyl (C=O) groups excluding carboxylic acids is 2. The molecule has 1 aromatic rings. The summed E-state index contributed by atoms with van der Waals surface area (Å²) < 4.78 is 5.00. The maximum absolute atomic E-state index is 11.8. The van der Waals surface area contributed by atoms with E-state index in [1.807, 2.05) is 0 Å². The number of carbonyl (C=O) groups is 2. The lowest BCUT2D eigenvalue weighted by Gasteiger charge is -2.05. The van der Waals surface area contributed by atoms with Gasteiger partial charge in [0.05, 0.1) is 19.9 Å². The van der Waals surface area contributed by atoms with Gasteiger partial charge in [-0.15, -0.1) is 0 Å². The highest BCUT2D eigenvalue weighted by Crippen LogP contribution is 2.25. The van der Waals surface area contributed by atoms with Crippen molar-refractivity contribution in [2.45, 2.75) is 71.1 Å². The van der Waals surface area contributed by atoms with Crippen LogP contribution in [0.4, 0.5) is 0 Å². The van der Waals surface area contributed by atoms with Gasteiger partial charge in [-0.25, -0.2) is 5.43 Å². The molecule has 0 bridgehead atoms. The van der Waals surface area contributed by atoms with Crippen molar-refractivity contribution in [3.63, 3.8) is 0 Å². The van der Waals surface area contributed by atoms with E-state index in [4.69, 9.17) is 4.74 Å². The average molecular weight is 406 g/mol. The molecule has 7 heteroatoms. The molecule has 0 atom stereocenters. The lowest BCUT2D eigenvalue weighted by molar-refractivity contribution is -0.126. The molecule has 0 fully saturated rings. The fourth-order valence-corrected chi connectivity index (χ4v) is 2.86. The van der Waals surface area contributed by atoms with Gasteiger partial charge in [0.15, 0.2) is 11.5 Å². The van der Waals surface area contributed by atoms with Gasteiger partial charge in [-0.2, -0.15) is 5.10 Å². The number of methoxy groups -OCH3 is 1. The second-order valence-corrected chi connectivity index (χ2v) is 7.08. The van der Waals surface area contributed by atoms with Gasteiger partial charge in [-0.05, 0) is 30.2 Å². The van der Waals surface area contributed by atoms with Crippen molar-refractivity contribution in [1.29, 1.82) is 0 Å². The molecule has 7 nitrogen and oxygen atoms in total. The van der Waals surface area contributed by atoms with Crippen LogP contribution in [0.25, 0.3) is 0 Å². The normalized spacial score (nSPS) is 10.8. The van der Waals surface area contributed by atoms with E-state index >= 15 is 0 Å². The van der Waals surface area contributed by atoms with Crippen LogP contribution in [0.2, 0.25) is 0 Å². The molecule has 1 aromatic carbocycles. The molecule has 0 saturated carbocycles. The van der Waals surface area contributed by atoms with Crippen LogP contribution < -0.4 is 15.5 Å². The minimum Gasteiger partial charge on any atom is -0.504 e. The minimum atomic E-state index is -0.396. The quantitative estimate of drug-likeness (QED) is 0.234. The molecule has 0 radical (unpaired) electrons. The first-order valence-corrected chi connectivity index (χ1v) is 10.5. The number of nitrogens with zero attached hydrogens (tertiary/aromatic N) is 1. The zero-order valence-electron chi connectivity index (χ0n) is 17.7. The number of hydrogen-bond donors (Lipinski definition) is 3. The molecule has 162 valence electrons. The zero-order valence-corrected chi connectivity index (χ0v) is 17.7. The Morgan fingerprint density at radius 1 is 1.03 bits per heavy atom. The standard InChI is InChI=1S/C22H35N3O4/c1-3-4-5-6-7-8-9-10-11-12-21(27)23-17-22(28)25-24-16-18-13-14-19(26)20(15-18)29-2/h13-16,26H,3-12,17H2,1-2H3,(H,23,27)(H,25,28)/b24-16-. The number of ether oxygens (including phenoxy) is 1. The summed E-state index contributed by atoms with van der Waals surface area (Å²) in [6.07, 6.45) is 12.7. The van der Waals surface area contributed by atoms with Crippen LogP contribution in [-0.2, 0) is 9.59 Å². The van der Waals surface area contributed by atoms with Gasteiger partial charge in [0.2, 0.25) is 5.91 Å². The summed E-state index contributed by atoms with van der Waals surface area (Å²) in [5, 5.41) is 16.0. The molecular weight excluding hydrogens is 370 g/mol. The van der Waals surface area contributed by atoms with Crippen molar-refractivity contribution in [3.8, 4) is 11.5 Å². The topological polar surface area (TPSA) is 100 Å². The van der Waals surface area contributed by atoms with Crippen molar-refractivity contribution in [1.82, 2.24) is 10.7 Å². The first-order valence-electron chi connectivity index (χ1n) is 10.5. The van der Waals surface area contributed by atoms with Gasteiger partial charge in [0.25, 0.3) is 5.91 Å². The number of unbranched alkanes of at least 4 members (excludes halogenated alkanes) is 8. The number of hydrazone groups is 1. The fraction of sp³-hybridized carbons (Fsp3) is 0.591. The molecule has 0 aliphatic rings. The van der Waals surface area contributed by atoms with Crippen LogP contribution in [-0.4, -0.2) is 36.8 Å². The van der Waals surface area contributed by atoms with Crippen LogP contribution in [0.1, 0.15) is 76.7 Å². The Bertz CT molecular complexity index is 647. The van der Waals surface area contributed by atoms with Gasteiger partial charge in [-0.1, -0.05) is 58.3 Å². The largest absolute Gasteiger partial charge is 0.504 e. The molecule has 0 aliphatic carbocycles. The highest BCUT2D eigenvalue weighted by molar-refractivity contribution is 5.86. The highest BCUT2D eigenvalue weighted by atomic mass is 16.5. The number of hydrogen-bond acceptors (Lipinski definition) is 5. The first-order chi connectivity index (χ1) is 14.1. The smallest absolute Gasteiger partial charge is 0.259 e. The molecule has 0 aromatic heterocycles. The van der Waals surface area contributed by atoms with Crippen molar-refractivity contribution < 1.29 is 19.4 Å². The summed E-state index contributed by atoms with van der Waals surface area (Å²) in [5.74, 6) is -0.157. The number of aromatic hydroxyl groups is 1. The van der Waals surface area contributed by atoms with Crippen molar-refractivity contribution >= 4 is 18.0 Å². The van der Waals surface area contributed by atoms with Gasteiger partial charge < -0.3 is 15.2 Å². The summed E-state index contributed by atoms with van der Waals surface area (Å²) in [6, 6.07) is 4.72. The molecular formula is C22H35N3O4. The Hall–Kier alpha value is -2.57. The van der Waals surface area contributed by atoms with Crippen LogP contribution in [0.15, 0.2) is 23.3 Å². The van der Waals surface area contributed by atoms with Crippen molar-refractivity contribution in [2.24, 2.45) is 5.10 Å². The average Bonchev–Trinajstić information content (AvgIpc) is 2.72. The summed E-state index contributed by atoms with van der Waals surface area (Å²) in [6.45, 7) is 2.11. The molecule has 0 heterocycles. The number of rotatable bonds is 15. The second-order valence-electron chi connectivity index (χ2n) is 7.08. The third kappa shape index (κ3) is 11.8. The number of nitrogens with one attached hydrogen (secondary N) is 2.